The molecule has 2 heterocycles. The zero-order chi connectivity index (χ0) is 11.4. The minimum atomic E-state index is 0.0177. The Bertz CT molecular complexity index is 454. The highest BCUT2D eigenvalue weighted by Crippen LogP contribution is 2.15. The van der Waals surface area contributed by atoms with Gasteiger partial charge in [-0.2, -0.15) is 0 Å². The molecule has 3 nitrogen and oxygen atoms in total. The van der Waals surface area contributed by atoms with Crippen LogP contribution in [0.4, 0.5) is 0 Å². The molecule has 2 rings (SSSR count). The van der Waals surface area contributed by atoms with Gasteiger partial charge in [0, 0.05) is 30.3 Å². The second-order valence-corrected chi connectivity index (χ2v) is 3.90. The van der Waals surface area contributed by atoms with Crippen molar-refractivity contribution in [1.29, 1.82) is 0 Å². The van der Waals surface area contributed by atoms with Crippen molar-refractivity contribution < 1.29 is 0 Å². The van der Waals surface area contributed by atoms with Crippen LogP contribution >= 0.6 is 0 Å². The maximum absolute atomic E-state index is 6.15. The summed E-state index contributed by atoms with van der Waals surface area (Å²) in [6, 6.07) is 8.01. The summed E-state index contributed by atoms with van der Waals surface area (Å²) in [4.78, 5) is 8.15. The summed E-state index contributed by atoms with van der Waals surface area (Å²) in [6.45, 7) is 1.97. The second kappa shape index (κ2) is 4.86. The maximum atomic E-state index is 6.15. The molecule has 0 aromatic carbocycles. The minimum Gasteiger partial charge on any atom is -0.324 e. The Labute approximate surface area is 95.4 Å². The molecule has 0 aliphatic carbocycles. The van der Waals surface area contributed by atoms with E-state index in [9.17, 15) is 0 Å². The van der Waals surface area contributed by atoms with Gasteiger partial charge in [-0.1, -0.05) is 0 Å². The van der Waals surface area contributed by atoms with Crippen LogP contribution in [-0.2, 0) is 6.42 Å². The van der Waals surface area contributed by atoms with Crippen LogP contribution in [0.2, 0.25) is 0 Å². The summed E-state index contributed by atoms with van der Waals surface area (Å²) in [5, 5.41) is 0. The molecule has 2 aromatic rings. The molecule has 0 aliphatic heterocycles. The third-order valence-electron chi connectivity index (χ3n) is 2.55. The Morgan fingerprint density at radius 1 is 1.19 bits per heavy atom. The van der Waals surface area contributed by atoms with E-state index in [0.29, 0.717) is 0 Å². The van der Waals surface area contributed by atoms with Gasteiger partial charge >= 0.3 is 0 Å². The van der Waals surface area contributed by atoms with E-state index in [4.69, 9.17) is 5.73 Å². The normalized spacial score (nSPS) is 12.4. The lowest BCUT2D eigenvalue weighted by molar-refractivity contribution is 0.718. The van der Waals surface area contributed by atoms with Crippen molar-refractivity contribution in [3.05, 3.63) is 59.7 Å². The van der Waals surface area contributed by atoms with Gasteiger partial charge in [-0.3, -0.25) is 9.97 Å². The number of hydrogen-bond acceptors (Lipinski definition) is 3. The number of pyridine rings is 2. The van der Waals surface area contributed by atoms with Crippen molar-refractivity contribution >= 4 is 0 Å². The van der Waals surface area contributed by atoms with E-state index in [0.717, 1.165) is 17.7 Å². The molecule has 1 unspecified atom stereocenters. The molecule has 2 N–H and O–H groups in total. The van der Waals surface area contributed by atoms with Crippen LogP contribution in [0.1, 0.15) is 22.9 Å². The van der Waals surface area contributed by atoms with Crippen molar-refractivity contribution in [2.75, 3.05) is 0 Å². The molecule has 0 saturated heterocycles. The zero-order valence-corrected chi connectivity index (χ0v) is 9.30. The molecule has 0 radical (unpaired) electrons. The summed E-state index contributed by atoms with van der Waals surface area (Å²) in [6.07, 6.45) is 6.21. The molecule has 0 aliphatic rings. The van der Waals surface area contributed by atoms with Crippen molar-refractivity contribution in [3.8, 4) is 0 Å². The first kappa shape index (κ1) is 10.8. The zero-order valence-electron chi connectivity index (χ0n) is 9.30. The SMILES string of the molecule is Cc1cc(C(N)Cc2ccncc2)ccn1. The van der Waals surface area contributed by atoms with Crippen LogP contribution in [-0.4, -0.2) is 9.97 Å². The van der Waals surface area contributed by atoms with Gasteiger partial charge in [-0.05, 0) is 48.7 Å². The molecule has 16 heavy (non-hydrogen) atoms. The molecule has 0 saturated carbocycles. The molecule has 1 atom stereocenters. The van der Waals surface area contributed by atoms with Crippen molar-refractivity contribution in [2.45, 2.75) is 19.4 Å². The molecule has 2 aromatic heterocycles. The first-order chi connectivity index (χ1) is 7.75. The summed E-state index contributed by atoms with van der Waals surface area (Å²) < 4.78 is 0. The van der Waals surface area contributed by atoms with Gasteiger partial charge in [0.15, 0.2) is 0 Å². The number of rotatable bonds is 3. The lowest BCUT2D eigenvalue weighted by atomic mass is 10.0. The van der Waals surface area contributed by atoms with Crippen LogP contribution in [0.15, 0.2) is 42.9 Å². The fraction of sp³-hybridized carbons (Fsp3) is 0.231. The average Bonchev–Trinajstić information content (AvgIpc) is 2.30. The smallest absolute Gasteiger partial charge is 0.0375 e. The topological polar surface area (TPSA) is 51.8 Å². The summed E-state index contributed by atoms with van der Waals surface area (Å²) in [7, 11) is 0. The highest BCUT2D eigenvalue weighted by atomic mass is 14.7. The Balaban J connectivity index is 2.12. The van der Waals surface area contributed by atoms with E-state index < -0.39 is 0 Å². The van der Waals surface area contributed by atoms with Gasteiger partial charge in [0.1, 0.15) is 0 Å². The van der Waals surface area contributed by atoms with E-state index in [1.165, 1.54) is 5.56 Å². The predicted octanol–water partition coefficient (Wildman–Crippen LogP) is 2.03. The summed E-state index contributed by atoms with van der Waals surface area (Å²) >= 11 is 0. The first-order valence-electron chi connectivity index (χ1n) is 5.33. The van der Waals surface area contributed by atoms with E-state index in [1.807, 2.05) is 31.2 Å². The predicted molar refractivity (Wildman–Crippen MR) is 63.8 cm³/mol. The third kappa shape index (κ3) is 2.64. The van der Waals surface area contributed by atoms with Gasteiger partial charge < -0.3 is 5.73 Å². The Kier molecular flexibility index (Phi) is 3.27. The number of aromatic nitrogens is 2. The average molecular weight is 213 g/mol. The highest BCUT2D eigenvalue weighted by Gasteiger charge is 2.07. The molecular formula is C13H15N3. The van der Waals surface area contributed by atoms with Crippen molar-refractivity contribution in [1.82, 2.24) is 9.97 Å². The lowest BCUT2D eigenvalue weighted by Gasteiger charge is -2.12. The quantitative estimate of drug-likeness (QED) is 0.848. The largest absolute Gasteiger partial charge is 0.324 e. The third-order valence-corrected chi connectivity index (χ3v) is 2.55. The standard InChI is InChI=1S/C13H15N3/c1-10-8-12(4-7-16-10)13(14)9-11-2-5-15-6-3-11/h2-8,13H,9,14H2,1H3. The lowest BCUT2D eigenvalue weighted by Crippen LogP contribution is -2.13. The van der Waals surface area contributed by atoms with E-state index in [-0.39, 0.29) is 6.04 Å². The van der Waals surface area contributed by atoms with Crippen LogP contribution in [0.5, 0.6) is 0 Å². The fourth-order valence-corrected chi connectivity index (χ4v) is 1.69. The molecule has 0 spiro atoms. The van der Waals surface area contributed by atoms with Crippen LogP contribution in [0.25, 0.3) is 0 Å². The number of hydrogen-bond donors (Lipinski definition) is 1. The summed E-state index contributed by atoms with van der Waals surface area (Å²) in [5.74, 6) is 0. The Hall–Kier alpha value is -1.74. The van der Waals surface area contributed by atoms with Crippen LogP contribution in [0.3, 0.4) is 0 Å². The van der Waals surface area contributed by atoms with Crippen LogP contribution in [0, 0.1) is 6.92 Å². The first-order valence-corrected chi connectivity index (χ1v) is 5.33. The molecule has 0 amide bonds. The number of aryl methyl sites for hydroxylation is 1. The van der Waals surface area contributed by atoms with E-state index in [2.05, 4.69) is 9.97 Å². The number of nitrogens with two attached hydrogens (primary N) is 1. The maximum Gasteiger partial charge on any atom is 0.0375 e. The summed E-state index contributed by atoms with van der Waals surface area (Å²) in [5.41, 5.74) is 9.48. The van der Waals surface area contributed by atoms with Crippen molar-refractivity contribution in [3.63, 3.8) is 0 Å². The molecule has 0 fully saturated rings. The molecule has 3 heteroatoms. The number of nitrogens with zero attached hydrogens (tertiary/aromatic N) is 2. The highest BCUT2D eigenvalue weighted by molar-refractivity contribution is 5.22. The Morgan fingerprint density at radius 3 is 2.62 bits per heavy atom. The van der Waals surface area contributed by atoms with Gasteiger partial charge in [-0.25, -0.2) is 0 Å². The van der Waals surface area contributed by atoms with Gasteiger partial charge in [0.2, 0.25) is 0 Å². The molecule has 82 valence electrons. The fourth-order valence-electron chi connectivity index (χ4n) is 1.69. The van der Waals surface area contributed by atoms with E-state index in [1.54, 1.807) is 18.6 Å². The van der Waals surface area contributed by atoms with Crippen LogP contribution < -0.4 is 5.73 Å². The molecular weight excluding hydrogens is 198 g/mol. The van der Waals surface area contributed by atoms with Gasteiger partial charge in [0.25, 0.3) is 0 Å². The van der Waals surface area contributed by atoms with Gasteiger partial charge in [0.05, 0.1) is 0 Å². The van der Waals surface area contributed by atoms with E-state index >= 15 is 0 Å². The monoisotopic (exact) mass is 213 g/mol. The second-order valence-electron chi connectivity index (χ2n) is 3.90. The molecule has 0 bridgehead atoms. The van der Waals surface area contributed by atoms with Crippen molar-refractivity contribution in [2.24, 2.45) is 5.73 Å². The van der Waals surface area contributed by atoms with Gasteiger partial charge in [-0.15, -0.1) is 0 Å². The minimum absolute atomic E-state index is 0.0177. The Morgan fingerprint density at radius 2 is 1.94 bits per heavy atom.